The van der Waals surface area contributed by atoms with Gasteiger partial charge < -0.3 is 46.4 Å². The third-order valence-electron chi connectivity index (χ3n) is 13.6. The van der Waals surface area contributed by atoms with Crippen LogP contribution in [0.5, 0.6) is 0 Å². The minimum absolute atomic E-state index is 0.00304. The number of para-hydroxylation sites is 1. The van der Waals surface area contributed by atoms with E-state index in [9.17, 15) is 67.7 Å². The topological polar surface area (TPSA) is 345 Å². The van der Waals surface area contributed by atoms with Gasteiger partial charge in [0.1, 0.15) is 18.8 Å². The van der Waals surface area contributed by atoms with Crippen molar-refractivity contribution in [1.82, 2.24) is 35.2 Å². The number of fused-ring (bicyclic) bond motifs is 1. The second-order valence-electron chi connectivity index (χ2n) is 20.2. The van der Waals surface area contributed by atoms with Gasteiger partial charge in [-0.25, -0.2) is 0 Å². The number of hydrogen-bond acceptors (Lipinski definition) is 17. The summed E-state index contributed by atoms with van der Waals surface area (Å²) in [6.07, 6.45) is 0.832. The molecule has 0 radical (unpaired) electrons. The Kier molecular flexibility index (Phi) is 26.7. The number of ketones is 4. The molecule has 0 aliphatic carbocycles. The lowest BCUT2D eigenvalue weighted by Gasteiger charge is -2.32. The van der Waals surface area contributed by atoms with Gasteiger partial charge in [-0.15, -0.1) is 0 Å². The van der Waals surface area contributed by atoms with Crippen molar-refractivity contribution < 1.29 is 72.5 Å². The number of ether oxygens (including phenoxy) is 1. The van der Waals surface area contributed by atoms with E-state index in [2.05, 4.69) is 20.9 Å². The summed E-state index contributed by atoms with van der Waals surface area (Å²) in [5.41, 5.74) is 7.42. The number of carbonyl (C=O) groups is 12. The van der Waals surface area contributed by atoms with E-state index in [4.69, 9.17) is 10.5 Å². The largest absolute Gasteiger partial charge is 0.480 e. The Labute approximate surface area is 458 Å². The van der Waals surface area contributed by atoms with Crippen LogP contribution in [0.1, 0.15) is 88.1 Å². The Bertz CT molecular complexity index is 2570. The van der Waals surface area contributed by atoms with Gasteiger partial charge in [0.2, 0.25) is 23.6 Å². The summed E-state index contributed by atoms with van der Waals surface area (Å²) in [7, 11) is 0. The van der Waals surface area contributed by atoms with Crippen molar-refractivity contribution in [3.63, 3.8) is 0 Å². The average Bonchev–Trinajstić information content (AvgIpc) is 3.89. The highest BCUT2D eigenvalue weighted by Gasteiger charge is 2.32. The molecule has 1 aromatic heterocycles. The summed E-state index contributed by atoms with van der Waals surface area (Å²) in [6, 6.07) is 11.1. The molecule has 79 heavy (non-hydrogen) atoms. The fraction of sp³-hybridized carbons (Fsp3) is 0.527. The Hall–Kier alpha value is -7.54. The van der Waals surface area contributed by atoms with Crippen LogP contribution in [-0.2, 0) is 63.9 Å². The van der Waals surface area contributed by atoms with E-state index in [1.54, 1.807) is 39.6 Å². The number of nitrogens with zero attached hydrogens (tertiary/aromatic N) is 4. The number of H-pyrrole nitrogens is 1. The highest BCUT2D eigenvalue weighted by atomic mass is 16.5. The molecule has 1 saturated heterocycles. The maximum Gasteiger partial charge on any atom is 0.317 e. The van der Waals surface area contributed by atoms with Crippen LogP contribution in [0, 0.1) is 17.8 Å². The highest BCUT2D eigenvalue weighted by Crippen LogP contribution is 2.23. The molecule has 1 aliphatic rings. The van der Waals surface area contributed by atoms with E-state index >= 15 is 0 Å². The van der Waals surface area contributed by atoms with Gasteiger partial charge in [-0.1, -0.05) is 39.0 Å². The van der Waals surface area contributed by atoms with Crippen LogP contribution in [0.3, 0.4) is 0 Å². The predicted molar refractivity (Wildman–Crippen MR) is 288 cm³/mol. The van der Waals surface area contributed by atoms with Crippen molar-refractivity contribution in [2.24, 2.45) is 23.5 Å². The third kappa shape index (κ3) is 22.8. The number of rotatable bonds is 33. The van der Waals surface area contributed by atoms with Crippen molar-refractivity contribution in [3.05, 3.63) is 65.9 Å². The average molecular weight is 1100 g/mol. The molecule has 4 amide bonds. The number of nitrogens with two attached hydrogens (primary N) is 1. The number of benzene rings is 2. The van der Waals surface area contributed by atoms with E-state index in [0.717, 1.165) is 10.9 Å². The molecule has 8 N–H and O–H groups in total. The number of Topliss-reactive ketones (excluding diaryl/α,β-unsaturated/α-hetero) is 4. The number of aromatic nitrogens is 1. The van der Waals surface area contributed by atoms with Gasteiger partial charge >= 0.3 is 11.9 Å². The zero-order chi connectivity index (χ0) is 58.0. The standard InChI is InChI=1S/C55H75N9O15/c1-36(2)53(46(68)9-6-26-65)60-54(77)37(3)27-48(70)45(28-40-30-57-44-8-5-4-7-43(40)44)59-55(78)39(12-16-49(56)71)29-47(69)38-10-13-41(14-11-38)58-50(72)17-15-42(67)31-61-18-20-62(32-51(73)74)22-24-64(34-79-35-66)25-23-63(21-19-61)33-52(75)76/h4-5,7-8,10-11,13-14,26,30,35-37,39,45,53,57H,6,9,12,15-25,27-29,31-34H2,1-3H3,(H2,56,71)(H,58,72)(H,59,78)(H,60,77)(H,73,74)(H,75,76)/t37-,39-,45+,53+/m1/s1. The number of hydrogen-bond donors (Lipinski definition) is 7. The number of primary amides is 1. The lowest BCUT2D eigenvalue weighted by atomic mass is 9.90. The smallest absolute Gasteiger partial charge is 0.317 e. The molecule has 0 spiro atoms. The third-order valence-corrected chi connectivity index (χ3v) is 13.6. The number of anilines is 1. The van der Waals surface area contributed by atoms with Crippen LogP contribution < -0.4 is 21.7 Å². The first-order valence-corrected chi connectivity index (χ1v) is 26.4. The molecule has 1 fully saturated rings. The quantitative estimate of drug-likeness (QED) is 0.0335. The molecule has 2 aromatic carbocycles. The first kappa shape index (κ1) is 64.0. The zero-order valence-corrected chi connectivity index (χ0v) is 45.2. The van der Waals surface area contributed by atoms with Crippen molar-refractivity contribution in [2.45, 2.75) is 90.6 Å². The first-order chi connectivity index (χ1) is 37.6. The molecule has 4 atom stereocenters. The Balaban J connectivity index is 1.40. The fourth-order valence-corrected chi connectivity index (χ4v) is 9.09. The minimum Gasteiger partial charge on any atom is -0.480 e. The second-order valence-corrected chi connectivity index (χ2v) is 20.2. The van der Waals surface area contributed by atoms with Crippen molar-refractivity contribution in [1.29, 1.82) is 0 Å². The van der Waals surface area contributed by atoms with Gasteiger partial charge in [0.15, 0.2) is 17.3 Å². The number of aromatic amines is 1. The number of carbonyl (C=O) groups excluding carboxylic acids is 10. The Morgan fingerprint density at radius 2 is 1.29 bits per heavy atom. The SMILES string of the molecule is CC(C)[C@H](NC(=O)[C@H](C)CC(=O)[C@H](Cc1c[nH]c2ccccc12)NC(=O)[C@H](CCC(N)=O)CC(=O)c1ccc(NC(=O)CCC(=O)CN2CCN(CC(=O)O)CCN(COC=O)CCN(CC(=O)O)CC2)cc1)C(=O)CCC=O. The molecule has 0 saturated carbocycles. The van der Waals surface area contributed by atoms with Gasteiger partial charge in [-0.3, -0.25) is 72.3 Å². The second kappa shape index (κ2) is 33.0. The maximum absolute atomic E-state index is 14.2. The van der Waals surface area contributed by atoms with Crippen LogP contribution in [0.15, 0.2) is 54.7 Å². The summed E-state index contributed by atoms with van der Waals surface area (Å²) in [5, 5.41) is 28.1. The van der Waals surface area contributed by atoms with E-state index in [1.165, 1.54) is 31.2 Å². The van der Waals surface area contributed by atoms with E-state index in [0.29, 0.717) is 50.2 Å². The molecule has 1 aliphatic heterocycles. The van der Waals surface area contributed by atoms with Gasteiger partial charge in [0.05, 0.1) is 31.7 Å². The number of nitrogens with one attached hydrogen (secondary N) is 4. The number of aliphatic carboxylic acids is 2. The summed E-state index contributed by atoms with van der Waals surface area (Å²) < 4.78 is 4.91. The highest BCUT2D eigenvalue weighted by molar-refractivity contribution is 6.01. The van der Waals surface area contributed by atoms with Crippen LogP contribution >= 0.6 is 0 Å². The van der Waals surface area contributed by atoms with Crippen molar-refractivity contribution >= 4 is 88.0 Å². The van der Waals surface area contributed by atoms with Crippen LogP contribution in [0.25, 0.3) is 10.9 Å². The van der Waals surface area contributed by atoms with Gasteiger partial charge in [0, 0.05) is 144 Å². The predicted octanol–water partition coefficient (Wildman–Crippen LogP) is 1.44. The molecule has 0 bridgehead atoms. The van der Waals surface area contributed by atoms with Gasteiger partial charge in [-0.2, -0.15) is 0 Å². The van der Waals surface area contributed by atoms with Gasteiger partial charge in [-0.05, 0) is 48.2 Å². The molecular weight excluding hydrogens is 1030 g/mol. The molecule has 2 heterocycles. The van der Waals surface area contributed by atoms with Crippen LogP contribution in [-0.4, -0.2) is 197 Å². The lowest BCUT2D eigenvalue weighted by molar-refractivity contribution is -0.139. The van der Waals surface area contributed by atoms with E-state index in [1.807, 2.05) is 24.3 Å². The maximum atomic E-state index is 14.2. The number of aldehydes is 1. The molecule has 3 aromatic rings. The fourth-order valence-electron chi connectivity index (χ4n) is 9.09. The summed E-state index contributed by atoms with van der Waals surface area (Å²) >= 11 is 0. The monoisotopic (exact) mass is 1100 g/mol. The molecule has 430 valence electrons. The van der Waals surface area contributed by atoms with E-state index in [-0.39, 0.29) is 127 Å². The molecule has 0 unspecified atom stereocenters. The normalized spacial score (nSPS) is 15.7. The number of carboxylic acids is 2. The summed E-state index contributed by atoms with van der Waals surface area (Å²) in [4.78, 5) is 162. The number of carboxylic acid groups (broad SMARTS) is 2. The summed E-state index contributed by atoms with van der Waals surface area (Å²) in [6.45, 7) is 6.92. The molecule has 24 heteroatoms. The lowest BCUT2D eigenvalue weighted by Crippen LogP contribution is -2.48. The molecule has 4 rings (SSSR count). The first-order valence-electron chi connectivity index (χ1n) is 26.4. The van der Waals surface area contributed by atoms with Crippen molar-refractivity contribution in [3.8, 4) is 0 Å². The molecular formula is C55H75N9O15. The number of amides is 4. The summed E-state index contributed by atoms with van der Waals surface area (Å²) in [5.74, 6) is -8.55. The van der Waals surface area contributed by atoms with Crippen LogP contribution in [0.2, 0.25) is 0 Å². The van der Waals surface area contributed by atoms with E-state index < -0.39 is 77.5 Å². The minimum atomic E-state index is -1.19. The zero-order valence-electron chi connectivity index (χ0n) is 45.2. The van der Waals surface area contributed by atoms with Gasteiger partial charge in [0.25, 0.3) is 6.47 Å². The Morgan fingerprint density at radius 1 is 0.696 bits per heavy atom. The van der Waals surface area contributed by atoms with Crippen molar-refractivity contribution in [2.75, 3.05) is 84.0 Å². The Morgan fingerprint density at radius 3 is 1.86 bits per heavy atom. The van der Waals surface area contributed by atoms with Crippen LogP contribution in [0.4, 0.5) is 5.69 Å². The molecule has 24 nitrogen and oxygen atoms in total.